The molecule has 1 saturated heterocycles. The molecule has 1 aliphatic rings. The first-order valence-corrected chi connectivity index (χ1v) is 6.87. The number of nitrogens with one attached hydrogen (secondary N) is 1. The van der Waals surface area contributed by atoms with E-state index in [4.69, 9.17) is 18.0 Å². The molecule has 4 nitrogen and oxygen atoms in total. The van der Waals surface area contributed by atoms with Crippen LogP contribution in [0.15, 0.2) is 24.3 Å². The van der Waals surface area contributed by atoms with Gasteiger partial charge in [0.15, 0.2) is 0 Å². The molecule has 102 valence electrons. The van der Waals surface area contributed by atoms with E-state index in [2.05, 4.69) is 17.3 Å². The SMILES string of the molecule is CN1CCCC1CNC(=O)c1cccc(C(N)=S)c1. The van der Waals surface area contributed by atoms with E-state index >= 15 is 0 Å². The van der Waals surface area contributed by atoms with Crippen molar-refractivity contribution in [3.05, 3.63) is 35.4 Å². The maximum Gasteiger partial charge on any atom is 0.251 e. The smallest absolute Gasteiger partial charge is 0.251 e. The largest absolute Gasteiger partial charge is 0.389 e. The van der Waals surface area contributed by atoms with Crippen LogP contribution in [0.5, 0.6) is 0 Å². The average molecular weight is 277 g/mol. The van der Waals surface area contributed by atoms with Crippen LogP contribution < -0.4 is 11.1 Å². The second kappa shape index (κ2) is 6.12. The fourth-order valence-electron chi connectivity index (χ4n) is 2.36. The summed E-state index contributed by atoms with van der Waals surface area (Å²) < 4.78 is 0. The molecule has 1 aliphatic heterocycles. The maximum absolute atomic E-state index is 12.1. The standard InChI is InChI=1S/C14H19N3OS/c1-17-7-3-6-12(17)9-16-14(18)11-5-2-4-10(8-11)13(15)19/h2,4-5,8,12H,3,6-7,9H2,1H3,(H2,15,19)(H,16,18). The predicted octanol–water partition coefficient (Wildman–Crippen LogP) is 1.14. The fraction of sp³-hybridized carbons (Fsp3) is 0.429. The third-order valence-electron chi connectivity index (χ3n) is 3.58. The average Bonchev–Trinajstić information content (AvgIpc) is 2.81. The van der Waals surface area contributed by atoms with Gasteiger partial charge in [0.05, 0.1) is 0 Å². The van der Waals surface area contributed by atoms with Crippen LogP contribution in [-0.2, 0) is 0 Å². The molecule has 1 heterocycles. The number of hydrogen-bond acceptors (Lipinski definition) is 3. The highest BCUT2D eigenvalue weighted by Crippen LogP contribution is 2.13. The number of likely N-dealkylation sites (N-methyl/N-ethyl adjacent to an activating group) is 1. The van der Waals surface area contributed by atoms with Crippen LogP contribution in [0.1, 0.15) is 28.8 Å². The number of benzene rings is 1. The number of nitrogens with two attached hydrogens (primary N) is 1. The molecule has 1 fully saturated rings. The number of hydrogen-bond donors (Lipinski definition) is 2. The summed E-state index contributed by atoms with van der Waals surface area (Å²) in [4.78, 5) is 14.7. The number of nitrogens with zero attached hydrogens (tertiary/aromatic N) is 1. The van der Waals surface area contributed by atoms with Crippen molar-refractivity contribution in [1.82, 2.24) is 10.2 Å². The van der Waals surface area contributed by atoms with Crippen molar-refractivity contribution in [2.75, 3.05) is 20.1 Å². The van der Waals surface area contributed by atoms with Crippen LogP contribution >= 0.6 is 12.2 Å². The summed E-state index contributed by atoms with van der Waals surface area (Å²) in [6.07, 6.45) is 2.34. The van der Waals surface area contributed by atoms with Crippen LogP contribution in [0.2, 0.25) is 0 Å². The molecule has 5 heteroatoms. The minimum Gasteiger partial charge on any atom is -0.389 e. The molecule has 1 amide bonds. The Morgan fingerprint density at radius 1 is 1.53 bits per heavy atom. The van der Waals surface area contributed by atoms with Gasteiger partial charge in [0.1, 0.15) is 4.99 Å². The van der Waals surface area contributed by atoms with Gasteiger partial charge in [0.2, 0.25) is 0 Å². The first kappa shape index (κ1) is 14.0. The minimum atomic E-state index is -0.0709. The molecule has 19 heavy (non-hydrogen) atoms. The summed E-state index contributed by atoms with van der Waals surface area (Å²) in [7, 11) is 2.09. The van der Waals surface area contributed by atoms with E-state index in [0.717, 1.165) is 18.5 Å². The molecule has 2 rings (SSSR count). The van der Waals surface area contributed by atoms with E-state index < -0.39 is 0 Å². The number of amides is 1. The van der Waals surface area contributed by atoms with Crippen molar-refractivity contribution in [1.29, 1.82) is 0 Å². The Morgan fingerprint density at radius 3 is 2.89 bits per heavy atom. The zero-order valence-electron chi connectivity index (χ0n) is 11.1. The Hall–Kier alpha value is -1.46. The summed E-state index contributed by atoms with van der Waals surface area (Å²) in [5.74, 6) is -0.0709. The van der Waals surface area contributed by atoms with Crippen molar-refractivity contribution < 1.29 is 4.79 Å². The van der Waals surface area contributed by atoms with E-state index in [1.807, 2.05) is 6.07 Å². The Balaban J connectivity index is 1.96. The molecule has 3 N–H and O–H groups in total. The molecule has 0 aliphatic carbocycles. The lowest BCUT2D eigenvalue weighted by molar-refractivity contribution is 0.0943. The Morgan fingerprint density at radius 2 is 2.26 bits per heavy atom. The van der Waals surface area contributed by atoms with E-state index in [1.165, 1.54) is 6.42 Å². The highest BCUT2D eigenvalue weighted by molar-refractivity contribution is 7.80. The Bertz CT molecular complexity index is 489. The molecule has 0 radical (unpaired) electrons. The lowest BCUT2D eigenvalue weighted by Crippen LogP contribution is -2.38. The van der Waals surface area contributed by atoms with Crippen molar-refractivity contribution in [3.8, 4) is 0 Å². The first-order chi connectivity index (χ1) is 9.08. The second-order valence-corrected chi connectivity index (χ2v) is 5.37. The highest BCUT2D eigenvalue weighted by atomic mass is 32.1. The minimum absolute atomic E-state index is 0.0709. The number of rotatable bonds is 4. The Kier molecular flexibility index (Phi) is 4.50. The summed E-state index contributed by atoms with van der Waals surface area (Å²) >= 11 is 4.92. The van der Waals surface area contributed by atoms with Crippen LogP contribution in [0, 0.1) is 0 Å². The van der Waals surface area contributed by atoms with Crippen molar-refractivity contribution in [2.45, 2.75) is 18.9 Å². The van der Waals surface area contributed by atoms with Gasteiger partial charge in [-0.05, 0) is 38.6 Å². The molecule has 0 bridgehead atoms. The molecular weight excluding hydrogens is 258 g/mol. The van der Waals surface area contributed by atoms with Crippen molar-refractivity contribution in [3.63, 3.8) is 0 Å². The monoisotopic (exact) mass is 277 g/mol. The van der Waals surface area contributed by atoms with Crippen LogP contribution in [0.4, 0.5) is 0 Å². The molecule has 0 aromatic heterocycles. The van der Waals surface area contributed by atoms with Gasteiger partial charge in [-0.15, -0.1) is 0 Å². The number of carbonyl (C=O) groups excluding carboxylic acids is 1. The van der Waals surface area contributed by atoms with Gasteiger partial charge in [-0.1, -0.05) is 24.4 Å². The second-order valence-electron chi connectivity index (χ2n) is 4.93. The maximum atomic E-state index is 12.1. The van der Waals surface area contributed by atoms with Crippen molar-refractivity contribution in [2.24, 2.45) is 5.73 Å². The quantitative estimate of drug-likeness (QED) is 0.811. The van der Waals surface area contributed by atoms with Gasteiger partial charge < -0.3 is 16.0 Å². The third-order valence-corrected chi connectivity index (χ3v) is 3.81. The fourth-order valence-corrected chi connectivity index (χ4v) is 2.49. The Labute approximate surface area is 119 Å². The van der Waals surface area contributed by atoms with Crippen molar-refractivity contribution >= 4 is 23.1 Å². The number of carbonyl (C=O) groups is 1. The lowest BCUT2D eigenvalue weighted by Gasteiger charge is -2.19. The normalized spacial score (nSPS) is 19.3. The molecule has 0 spiro atoms. The number of likely N-dealkylation sites (tertiary alicyclic amines) is 1. The van der Waals surface area contributed by atoms with Gasteiger partial charge >= 0.3 is 0 Å². The zero-order valence-corrected chi connectivity index (χ0v) is 11.9. The summed E-state index contributed by atoms with van der Waals surface area (Å²) in [6, 6.07) is 7.56. The summed E-state index contributed by atoms with van der Waals surface area (Å²) in [6.45, 7) is 1.80. The molecule has 1 unspecified atom stereocenters. The van der Waals surface area contributed by atoms with E-state index in [1.54, 1.807) is 18.2 Å². The summed E-state index contributed by atoms with van der Waals surface area (Å²) in [5.41, 5.74) is 6.89. The molecule has 0 saturated carbocycles. The van der Waals surface area contributed by atoms with Crippen LogP contribution in [0.3, 0.4) is 0 Å². The van der Waals surface area contributed by atoms with Gasteiger partial charge in [-0.2, -0.15) is 0 Å². The van der Waals surface area contributed by atoms with E-state index in [0.29, 0.717) is 23.1 Å². The molecule has 1 aromatic rings. The zero-order chi connectivity index (χ0) is 13.8. The topological polar surface area (TPSA) is 58.4 Å². The molecule has 1 atom stereocenters. The van der Waals surface area contributed by atoms with E-state index in [9.17, 15) is 4.79 Å². The molecular formula is C14H19N3OS. The van der Waals surface area contributed by atoms with Gasteiger partial charge in [-0.3, -0.25) is 4.79 Å². The van der Waals surface area contributed by atoms with E-state index in [-0.39, 0.29) is 5.91 Å². The predicted molar refractivity (Wildman–Crippen MR) is 80.3 cm³/mol. The van der Waals surface area contributed by atoms with Crippen LogP contribution in [-0.4, -0.2) is 42.0 Å². The molecule has 1 aromatic carbocycles. The third kappa shape index (κ3) is 3.52. The van der Waals surface area contributed by atoms with Gasteiger partial charge in [-0.25, -0.2) is 0 Å². The lowest BCUT2D eigenvalue weighted by atomic mass is 10.1. The van der Waals surface area contributed by atoms with Crippen LogP contribution in [0.25, 0.3) is 0 Å². The summed E-state index contributed by atoms with van der Waals surface area (Å²) in [5, 5.41) is 2.97. The first-order valence-electron chi connectivity index (χ1n) is 6.46. The highest BCUT2D eigenvalue weighted by Gasteiger charge is 2.21. The van der Waals surface area contributed by atoms with Gasteiger partial charge in [0.25, 0.3) is 5.91 Å². The van der Waals surface area contributed by atoms with Gasteiger partial charge in [0, 0.05) is 23.7 Å². The number of thiocarbonyl (C=S) groups is 1.